The van der Waals surface area contributed by atoms with E-state index in [-0.39, 0.29) is 17.5 Å². The van der Waals surface area contributed by atoms with Gasteiger partial charge in [-0.1, -0.05) is 54.5 Å². The molecule has 5 nitrogen and oxygen atoms in total. The van der Waals surface area contributed by atoms with E-state index in [0.717, 1.165) is 12.0 Å². The highest BCUT2D eigenvalue weighted by molar-refractivity contribution is 7.80. The second-order valence-corrected chi connectivity index (χ2v) is 8.61. The fourth-order valence-electron chi connectivity index (χ4n) is 4.22. The molecule has 0 spiro atoms. The molecule has 4 aromatic rings. The number of nitrogens with one attached hydrogen (secondary N) is 1. The molecule has 0 saturated heterocycles. The molecule has 1 aromatic heterocycles. The van der Waals surface area contributed by atoms with Gasteiger partial charge in [0.1, 0.15) is 11.6 Å². The molecule has 35 heavy (non-hydrogen) atoms. The van der Waals surface area contributed by atoms with E-state index in [0.29, 0.717) is 33.5 Å². The van der Waals surface area contributed by atoms with Crippen LogP contribution in [-0.4, -0.2) is 15.3 Å². The van der Waals surface area contributed by atoms with Gasteiger partial charge in [0, 0.05) is 11.3 Å². The van der Waals surface area contributed by atoms with Crippen molar-refractivity contribution in [1.29, 1.82) is 0 Å². The lowest BCUT2D eigenvalue weighted by molar-refractivity contribution is 0.404. The maximum atomic E-state index is 14.1. The molecule has 176 valence electrons. The number of hydrogen-bond acceptors (Lipinski definition) is 4. The predicted octanol–water partition coefficient (Wildman–Crippen LogP) is 6.44. The average Bonchev–Trinajstić information content (AvgIpc) is 3.33. The van der Waals surface area contributed by atoms with Gasteiger partial charge in [0.2, 0.25) is 5.82 Å². The molecule has 1 aliphatic rings. The number of aryl methyl sites for hydroxylation is 1. The van der Waals surface area contributed by atoms with Crippen LogP contribution in [0.25, 0.3) is 17.0 Å². The van der Waals surface area contributed by atoms with Crippen LogP contribution in [0.3, 0.4) is 0 Å². The maximum Gasteiger partial charge on any atom is 0.258 e. The van der Waals surface area contributed by atoms with Gasteiger partial charge in [-0.05, 0) is 67.0 Å². The molecule has 0 fully saturated rings. The Kier molecular flexibility index (Phi) is 6.13. The Morgan fingerprint density at radius 2 is 1.71 bits per heavy atom. The lowest BCUT2D eigenvalue weighted by Crippen LogP contribution is -2.46. The largest absolute Gasteiger partial charge is 0.351 e. The molecule has 3 aromatic carbocycles. The predicted molar refractivity (Wildman–Crippen MR) is 135 cm³/mol. The number of benzene rings is 3. The van der Waals surface area contributed by atoms with Crippen LogP contribution in [0.15, 0.2) is 83.0 Å². The van der Waals surface area contributed by atoms with Gasteiger partial charge in [-0.3, -0.25) is 4.90 Å². The minimum atomic E-state index is -0.543. The zero-order valence-electron chi connectivity index (χ0n) is 19.1. The molecule has 0 aliphatic carbocycles. The average molecular weight is 489 g/mol. The molecular formula is C27H22F2N4OS. The lowest BCUT2D eigenvalue weighted by Gasteiger charge is -2.37. The highest BCUT2D eigenvalue weighted by Crippen LogP contribution is 2.39. The SMILES string of the molecule is CCc1ccc(-c2noc(C3=C(C)N(c4cccc(F)c4)C(=S)NC3c3cccc(F)c3)n2)cc1. The Hall–Kier alpha value is -3.91. The normalized spacial score (nSPS) is 15.9. The number of halogens is 2. The Morgan fingerprint density at radius 3 is 2.40 bits per heavy atom. The third-order valence-corrected chi connectivity index (χ3v) is 6.31. The van der Waals surface area contributed by atoms with Crippen molar-refractivity contribution in [3.05, 3.63) is 107 Å². The third-order valence-electron chi connectivity index (χ3n) is 6.01. The van der Waals surface area contributed by atoms with Crippen molar-refractivity contribution >= 4 is 28.6 Å². The quantitative estimate of drug-likeness (QED) is 0.326. The zero-order valence-corrected chi connectivity index (χ0v) is 19.9. The smallest absolute Gasteiger partial charge is 0.258 e. The van der Waals surface area contributed by atoms with Crippen molar-refractivity contribution in [2.24, 2.45) is 0 Å². The molecule has 0 radical (unpaired) electrons. The number of thiocarbonyl (C=S) groups is 1. The molecule has 5 rings (SSSR count). The van der Waals surface area contributed by atoms with E-state index >= 15 is 0 Å². The van der Waals surface area contributed by atoms with E-state index in [4.69, 9.17) is 16.7 Å². The van der Waals surface area contributed by atoms with Crippen LogP contribution >= 0.6 is 12.2 Å². The van der Waals surface area contributed by atoms with Crippen LogP contribution in [0.5, 0.6) is 0 Å². The van der Waals surface area contributed by atoms with Crippen molar-refractivity contribution in [3.8, 4) is 11.4 Å². The Morgan fingerprint density at radius 1 is 1.00 bits per heavy atom. The standard InChI is InChI=1S/C27H22F2N4OS/c1-3-17-10-12-18(13-11-17)25-31-26(34-32-25)23-16(2)33(22-9-5-8-21(29)15-22)27(35)30-24(23)19-6-4-7-20(28)14-19/h4-15,24H,3H2,1-2H3,(H,30,35). The zero-order chi connectivity index (χ0) is 24.5. The second-order valence-electron chi connectivity index (χ2n) is 8.23. The van der Waals surface area contributed by atoms with Gasteiger partial charge in [-0.2, -0.15) is 4.98 Å². The van der Waals surface area contributed by atoms with E-state index in [2.05, 4.69) is 22.4 Å². The summed E-state index contributed by atoms with van der Waals surface area (Å²) in [6.07, 6.45) is 0.931. The monoisotopic (exact) mass is 488 g/mol. The first-order valence-corrected chi connectivity index (χ1v) is 11.6. The molecule has 1 aliphatic heterocycles. The highest BCUT2D eigenvalue weighted by Gasteiger charge is 2.35. The van der Waals surface area contributed by atoms with E-state index < -0.39 is 6.04 Å². The Labute approximate surface area is 207 Å². The fourth-order valence-corrected chi connectivity index (χ4v) is 4.58. The van der Waals surface area contributed by atoms with E-state index in [1.54, 1.807) is 29.2 Å². The van der Waals surface area contributed by atoms with Crippen LogP contribution < -0.4 is 10.2 Å². The minimum Gasteiger partial charge on any atom is -0.351 e. The molecule has 0 bridgehead atoms. The topological polar surface area (TPSA) is 54.2 Å². The van der Waals surface area contributed by atoms with Gasteiger partial charge in [0.05, 0.1) is 17.3 Å². The van der Waals surface area contributed by atoms with Crippen LogP contribution in [-0.2, 0) is 6.42 Å². The lowest BCUT2D eigenvalue weighted by atomic mass is 9.94. The minimum absolute atomic E-state index is 0.266. The molecule has 0 amide bonds. The van der Waals surface area contributed by atoms with Crippen LogP contribution in [0.1, 0.15) is 36.9 Å². The summed E-state index contributed by atoms with van der Waals surface area (Å²) in [6.45, 7) is 3.94. The molecule has 0 saturated carbocycles. The summed E-state index contributed by atoms with van der Waals surface area (Å²) < 4.78 is 33.9. The molecule has 1 N–H and O–H groups in total. The van der Waals surface area contributed by atoms with Gasteiger partial charge in [-0.25, -0.2) is 8.78 Å². The number of aromatic nitrogens is 2. The van der Waals surface area contributed by atoms with Crippen molar-refractivity contribution in [2.45, 2.75) is 26.3 Å². The highest BCUT2D eigenvalue weighted by atomic mass is 32.1. The van der Waals surface area contributed by atoms with Crippen LogP contribution in [0.4, 0.5) is 14.5 Å². The van der Waals surface area contributed by atoms with Crippen molar-refractivity contribution in [2.75, 3.05) is 4.90 Å². The van der Waals surface area contributed by atoms with Gasteiger partial charge in [0.15, 0.2) is 5.11 Å². The summed E-state index contributed by atoms with van der Waals surface area (Å²) >= 11 is 5.65. The number of rotatable bonds is 5. The second kappa shape index (κ2) is 9.38. The Bertz CT molecular complexity index is 1430. The van der Waals surface area contributed by atoms with E-state index in [1.165, 1.54) is 29.8 Å². The Balaban J connectivity index is 1.64. The first-order valence-electron chi connectivity index (χ1n) is 11.2. The van der Waals surface area contributed by atoms with Crippen molar-refractivity contribution < 1.29 is 13.3 Å². The van der Waals surface area contributed by atoms with Gasteiger partial charge < -0.3 is 9.84 Å². The van der Waals surface area contributed by atoms with Crippen molar-refractivity contribution in [1.82, 2.24) is 15.5 Å². The number of nitrogens with zero attached hydrogens (tertiary/aromatic N) is 3. The van der Waals surface area contributed by atoms with Gasteiger partial charge in [-0.15, -0.1) is 0 Å². The summed E-state index contributed by atoms with van der Waals surface area (Å²) in [6, 6.07) is 19.8. The molecule has 2 heterocycles. The van der Waals surface area contributed by atoms with E-state index in [1.807, 2.05) is 31.2 Å². The molecule has 8 heteroatoms. The molecule has 1 unspecified atom stereocenters. The van der Waals surface area contributed by atoms with Gasteiger partial charge in [0.25, 0.3) is 5.89 Å². The first-order chi connectivity index (χ1) is 16.9. The molecule has 1 atom stereocenters. The third kappa shape index (κ3) is 4.44. The van der Waals surface area contributed by atoms with Crippen LogP contribution in [0, 0.1) is 11.6 Å². The van der Waals surface area contributed by atoms with Crippen molar-refractivity contribution in [3.63, 3.8) is 0 Å². The number of anilines is 1. The molecular weight excluding hydrogens is 466 g/mol. The summed E-state index contributed by atoms with van der Waals surface area (Å²) in [5.41, 5.74) is 4.51. The van der Waals surface area contributed by atoms with Crippen LogP contribution in [0.2, 0.25) is 0 Å². The summed E-state index contributed by atoms with van der Waals surface area (Å²) in [7, 11) is 0. The first kappa shape index (κ1) is 22.9. The number of allylic oxidation sites excluding steroid dienone is 1. The summed E-state index contributed by atoms with van der Waals surface area (Å²) in [5, 5.41) is 7.80. The summed E-state index contributed by atoms with van der Waals surface area (Å²) in [4.78, 5) is 6.38. The summed E-state index contributed by atoms with van der Waals surface area (Å²) in [5.74, 6) is -0.0568. The van der Waals surface area contributed by atoms with E-state index in [9.17, 15) is 8.78 Å². The fraction of sp³-hybridized carbons (Fsp3) is 0.148. The maximum absolute atomic E-state index is 14.1. The number of hydrogen-bond donors (Lipinski definition) is 1. The van der Waals surface area contributed by atoms with Gasteiger partial charge >= 0.3 is 0 Å².